The summed E-state index contributed by atoms with van der Waals surface area (Å²) in [4.78, 5) is 0. The van der Waals surface area contributed by atoms with Gasteiger partial charge in [-0.05, 0) is 34.1 Å². The molecule has 0 saturated heterocycles. The second-order valence-electron chi connectivity index (χ2n) is 4.85. The summed E-state index contributed by atoms with van der Waals surface area (Å²) in [6.45, 7) is 8.51. The lowest BCUT2D eigenvalue weighted by molar-refractivity contribution is -0.0914. The highest BCUT2D eigenvalue weighted by Crippen LogP contribution is 2.16. The summed E-state index contributed by atoms with van der Waals surface area (Å²) in [5, 5.41) is 17.6. The molecule has 0 amide bonds. The summed E-state index contributed by atoms with van der Waals surface area (Å²) in [6.07, 6.45) is 0.733. The van der Waals surface area contributed by atoms with Crippen LogP contribution in [-0.2, 0) is 9.47 Å². The van der Waals surface area contributed by atoms with E-state index in [2.05, 4.69) is 0 Å². The van der Waals surface area contributed by atoms with E-state index in [1.165, 1.54) is 0 Å². The van der Waals surface area contributed by atoms with Crippen molar-refractivity contribution in [2.24, 2.45) is 0 Å². The summed E-state index contributed by atoms with van der Waals surface area (Å²) < 4.78 is 10.9. The zero-order valence-electron chi connectivity index (χ0n) is 10.2. The van der Waals surface area contributed by atoms with Crippen molar-refractivity contribution in [3.8, 4) is 0 Å². The Morgan fingerprint density at radius 2 is 1.40 bits per heavy atom. The first-order valence-electron chi connectivity index (χ1n) is 5.33. The average Bonchev–Trinajstić information content (AvgIpc) is 2.14. The number of hydrogen-bond acceptors (Lipinski definition) is 4. The Bertz CT molecular complexity index is 166. The van der Waals surface area contributed by atoms with E-state index in [-0.39, 0.29) is 18.8 Å². The van der Waals surface area contributed by atoms with Gasteiger partial charge in [0.1, 0.15) is 0 Å². The lowest BCUT2D eigenvalue weighted by atomic mass is 10.1. The predicted octanol–water partition coefficient (Wildman–Crippen LogP) is 0.951. The Labute approximate surface area is 92.2 Å². The van der Waals surface area contributed by atoms with Crippen LogP contribution < -0.4 is 0 Å². The molecular formula is C11H24O4. The minimum Gasteiger partial charge on any atom is -0.394 e. The first-order chi connectivity index (χ1) is 6.83. The second-order valence-corrected chi connectivity index (χ2v) is 4.85. The van der Waals surface area contributed by atoms with E-state index in [9.17, 15) is 0 Å². The van der Waals surface area contributed by atoms with Gasteiger partial charge in [-0.3, -0.25) is 0 Å². The minimum atomic E-state index is -0.493. The summed E-state index contributed by atoms with van der Waals surface area (Å²) in [7, 11) is 0. The molecule has 0 atom stereocenters. The van der Waals surface area contributed by atoms with E-state index >= 15 is 0 Å². The number of aliphatic hydroxyl groups is 2. The van der Waals surface area contributed by atoms with E-state index in [4.69, 9.17) is 19.7 Å². The molecule has 0 aliphatic rings. The quantitative estimate of drug-likeness (QED) is 0.639. The van der Waals surface area contributed by atoms with Crippen molar-refractivity contribution in [2.75, 3.05) is 26.4 Å². The second kappa shape index (κ2) is 6.43. The summed E-state index contributed by atoms with van der Waals surface area (Å²) in [5.41, 5.74) is -0.790. The van der Waals surface area contributed by atoms with Gasteiger partial charge in [0.25, 0.3) is 0 Å². The maximum Gasteiger partial charge on any atom is 0.0856 e. The zero-order valence-corrected chi connectivity index (χ0v) is 10.2. The number of hydrogen-bond donors (Lipinski definition) is 2. The molecule has 0 rings (SSSR count). The maximum absolute atomic E-state index is 8.98. The van der Waals surface area contributed by atoms with Gasteiger partial charge in [0, 0.05) is 0 Å². The van der Waals surface area contributed by atoms with E-state index in [0.717, 1.165) is 6.42 Å². The zero-order chi connectivity index (χ0) is 11.9. The van der Waals surface area contributed by atoms with Gasteiger partial charge in [-0.1, -0.05) is 0 Å². The van der Waals surface area contributed by atoms with Crippen molar-refractivity contribution in [3.63, 3.8) is 0 Å². The molecule has 0 aliphatic carbocycles. The molecule has 0 heterocycles. The van der Waals surface area contributed by atoms with Crippen molar-refractivity contribution in [3.05, 3.63) is 0 Å². The van der Waals surface area contributed by atoms with Crippen molar-refractivity contribution >= 4 is 0 Å². The lowest BCUT2D eigenvalue weighted by Gasteiger charge is -2.28. The molecule has 0 spiro atoms. The van der Waals surface area contributed by atoms with Gasteiger partial charge in [0.15, 0.2) is 0 Å². The van der Waals surface area contributed by atoms with Crippen molar-refractivity contribution in [1.82, 2.24) is 0 Å². The van der Waals surface area contributed by atoms with E-state index < -0.39 is 5.60 Å². The number of ether oxygens (including phenoxy) is 2. The van der Waals surface area contributed by atoms with Gasteiger partial charge in [-0.25, -0.2) is 0 Å². The van der Waals surface area contributed by atoms with E-state index in [1.54, 1.807) is 0 Å². The van der Waals surface area contributed by atoms with Gasteiger partial charge in [-0.15, -0.1) is 0 Å². The Morgan fingerprint density at radius 3 is 1.87 bits per heavy atom. The van der Waals surface area contributed by atoms with Crippen LogP contribution in [0.1, 0.15) is 34.1 Å². The average molecular weight is 220 g/mol. The van der Waals surface area contributed by atoms with Crippen molar-refractivity contribution in [1.29, 1.82) is 0 Å². The van der Waals surface area contributed by atoms with Crippen molar-refractivity contribution < 1.29 is 19.7 Å². The molecule has 0 aromatic carbocycles. The molecule has 0 radical (unpaired) electrons. The van der Waals surface area contributed by atoms with Gasteiger partial charge < -0.3 is 19.7 Å². The van der Waals surface area contributed by atoms with Crippen LogP contribution in [0.5, 0.6) is 0 Å². The molecule has 0 saturated carbocycles. The topological polar surface area (TPSA) is 58.9 Å². The molecule has 0 unspecified atom stereocenters. The third-order valence-electron chi connectivity index (χ3n) is 2.16. The van der Waals surface area contributed by atoms with Crippen LogP contribution in [0.3, 0.4) is 0 Å². The molecule has 0 aromatic rings. The van der Waals surface area contributed by atoms with Crippen LogP contribution in [0.25, 0.3) is 0 Å². The lowest BCUT2D eigenvalue weighted by Crippen LogP contribution is -2.33. The highest BCUT2D eigenvalue weighted by molar-refractivity contribution is 4.71. The first kappa shape index (κ1) is 14.8. The van der Waals surface area contributed by atoms with Crippen molar-refractivity contribution in [2.45, 2.75) is 45.3 Å². The Morgan fingerprint density at radius 1 is 0.867 bits per heavy atom. The fraction of sp³-hybridized carbons (Fsp3) is 1.00. The molecule has 0 fully saturated rings. The summed E-state index contributed by atoms with van der Waals surface area (Å²) in [6, 6.07) is 0. The Kier molecular flexibility index (Phi) is 6.36. The van der Waals surface area contributed by atoms with E-state index in [0.29, 0.717) is 13.2 Å². The molecule has 0 aliphatic heterocycles. The molecular weight excluding hydrogens is 196 g/mol. The largest absolute Gasteiger partial charge is 0.394 e. The Hall–Kier alpha value is -0.160. The van der Waals surface area contributed by atoms with Gasteiger partial charge in [0.2, 0.25) is 0 Å². The van der Waals surface area contributed by atoms with Crippen LogP contribution in [0, 0.1) is 0 Å². The van der Waals surface area contributed by atoms with Crippen LogP contribution in [-0.4, -0.2) is 47.8 Å². The predicted molar refractivity (Wildman–Crippen MR) is 58.9 cm³/mol. The molecule has 4 heteroatoms. The fourth-order valence-corrected chi connectivity index (χ4v) is 1.01. The van der Waals surface area contributed by atoms with Gasteiger partial charge in [-0.2, -0.15) is 0 Å². The van der Waals surface area contributed by atoms with Crippen LogP contribution >= 0.6 is 0 Å². The summed E-state index contributed by atoms with van der Waals surface area (Å²) >= 11 is 0. The highest BCUT2D eigenvalue weighted by Gasteiger charge is 2.21. The molecule has 0 bridgehead atoms. The molecule has 2 N–H and O–H groups in total. The monoisotopic (exact) mass is 220 g/mol. The van der Waals surface area contributed by atoms with Gasteiger partial charge in [0.05, 0.1) is 37.6 Å². The Balaban J connectivity index is 3.74. The highest BCUT2D eigenvalue weighted by atomic mass is 16.5. The van der Waals surface area contributed by atoms with Crippen LogP contribution in [0.2, 0.25) is 0 Å². The first-order valence-corrected chi connectivity index (χ1v) is 5.33. The number of aliphatic hydroxyl groups excluding tert-OH is 2. The van der Waals surface area contributed by atoms with E-state index in [1.807, 2.05) is 27.7 Å². The molecule has 92 valence electrons. The SMILES string of the molecule is CC(C)(CO)OCCC(C)(C)OCCO. The smallest absolute Gasteiger partial charge is 0.0856 e. The molecule has 0 aromatic heterocycles. The maximum atomic E-state index is 8.98. The van der Waals surface area contributed by atoms with Crippen LogP contribution in [0.4, 0.5) is 0 Å². The fourth-order valence-electron chi connectivity index (χ4n) is 1.01. The molecule has 4 nitrogen and oxygen atoms in total. The normalized spacial score (nSPS) is 13.2. The minimum absolute atomic E-state index is 0.00489. The third-order valence-corrected chi connectivity index (χ3v) is 2.16. The molecule has 15 heavy (non-hydrogen) atoms. The standard InChI is InChI=1S/C11H24O4/c1-10(2,15-8-6-12)5-7-14-11(3,4)9-13/h12-13H,5-9H2,1-4H3. The van der Waals surface area contributed by atoms with Gasteiger partial charge >= 0.3 is 0 Å². The van der Waals surface area contributed by atoms with Crippen LogP contribution in [0.15, 0.2) is 0 Å². The third kappa shape index (κ3) is 7.73. The number of rotatable bonds is 8. The summed E-state index contributed by atoms with van der Waals surface area (Å²) in [5.74, 6) is 0.